The van der Waals surface area contributed by atoms with Crippen LogP contribution in [-0.2, 0) is 4.74 Å². The normalized spacial score (nSPS) is 34.0. The molecule has 2 bridgehead atoms. The summed E-state index contributed by atoms with van der Waals surface area (Å²) in [5.41, 5.74) is 5.64. The van der Waals surface area contributed by atoms with Gasteiger partial charge in [-0.2, -0.15) is 0 Å². The number of amides is 1. The minimum absolute atomic E-state index is 0.139. The first-order chi connectivity index (χ1) is 7.38. The maximum Gasteiger partial charge on any atom is 0.410 e. The molecule has 92 valence electrons. The Morgan fingerprint density at radius 1 is 1.38 bits per heavy atom. The van der Waals surface area contributed by atoms with E-state index in [1.165, 1.54) is 6.42 Å². The van der Waals surface area contributed by atoms with Gasteiger partial charge in [-0.25, -0.2) is 4.79 Å². The Morgan fingerprint density at radius 3 is 2.62 bits per heavy atom. The summed E-state index contributed by atoms with van der Waals surface area (Å²) in [6.45, 7) is 5.70. The van der Waals surface area contributed by atoms with E-state index in [9.17, 15) is 4.79 Å². The number of carbonyl (C=O) groups excluding carboxylic acids is 1. The summed E-state index contributed by atoms with van der Waals surface area (Å²) < 4.78 is 5.44. The molecule has 4 nitrogen and oxygen atoms in total. The minimum Gasteiger partial charge on any atom is -0.444 e. The molecular formula is C12H22N2O2. The van der Waals surface area contributed by atoms with Gasteiger partial charge in [0.25, 0.3) is 0 Å². The molecule has 0 saturated carbocycles. The summed E-state index contributed by atoms with van der Waals surface area (Å²) in [6.07, 6.45) is 4.03. The second kappa shape index (κ2) is 3.91. The molecule has 2 saturated heterocycles. The lowest BCUT2D eigenvalue weighted by Crippen LogP contribution is -2.49. The fourth-order valence-corrected chi connectivity index (χ4v) is 2.83. The van der Waals surface area contributed by atoms with Crippen LogP contribution in [0.15, 0.2) is 0 Å². The van der Waals surface area contributed by atoms with Crippen molar-refractivity contribution in [3.63, 3.8) is 0 Å². The quantitative estimate of drug-likeness (QED) is 0.686. The van der Waals surface area contributed by atoms with Gasteiger partial charge in [-0.3, -0.25) is 0 Å². The molecule has 1 amide bonds. The van der Waals surface area contributed by atoms with Crippen LogP contribution in [0.25, 0.3) is 0 Å². The Hall–Kier alpha value is -0.770. The molecule has 2 heterocycles. The minimum atomic E-state index is -0.419. The fourth-order valence-electron chi connectivity index (χ4n) is 2.83. The highest BCUT2D eigenvalue weighted by Gasteiger charge is 2.45. The monoisotopic (exact) mass is 226 g/mol. The number of piperidine rings is 1. The van der Waals surface area contributed by atoms with Gasteiger partial charge in [-0.15, -0.1) is 0 Å². The first-order valence-electron chi connectivity index (χ1n) is 6.15. The van der Waals surface area contributed by atoms with Crippen LogP contribution in [0.2, 0.25) is 0 Å². The van der Waals surface area contributed by atoms with E-state index < -0.39 is 5.60 Å². The second-order valence-electron chi connectivity index (χ2n) is 5.94. The molecule has 0 aromatic rings. The smallest absolute Gasteiger partial charge is 0.410 e. The summed E-state index contributed by atoms with van der Waals surface area (Å²) in [7, 11) is 0. The van der Waals surface area contributed by atoms with E-state index in [1.54, 1.807) is 0 Å². The summed E-state index contributed by atoms with van der Waals surface area (Å²) in [4.78, 5) is 14.0. The highest BCUT2D eigenvalue weighted by Crippen LogP contribution is 2.35. The number of hydrogen-bond donors (Lipinski definition) is 1. The molecule has 0 radical (unpaired) electrons. The van der Waals surface area contributed by atoms with Gasteiger partial charge >= 0.3 is 6.09 Å². The van der Waals surface area contributed by atoms with Gasteiger partial charge in [0.05, 0.1) is 6.04 Å². The molecule has 0 spiro atoms. The standard InChI is InChI=1S/C12H22N2O2/c1-12(2,3)16-11(15)14-8-5-4-6-10(14)9(13)7-8/h8-10H,4-7,13H2,1-3H3/t8-,9-,10+/m0/s1. The van der Waals surface area contributed by atoms with Crippen molar-refractivity contribution in [3.05, 3.63) is 0 Å². The topological polar surface area (TPSA) is 55.6 Å². The van der Waals surface area contributed by atoms with Crippen LogP contribution in [0.3, 0.4) is 0 Å². The van der Waals surface area contributed by atoms with E-state index in [2.05, 4.69) is 0 Å². The third kappa shape index (κ3) is 2.17. The third-order valence-electron chi connectivity index (χ3n) is 3.43. The van der Waals surface area contributed by atoms with Gasteiger partial charge < -0.3 is 15.4 Å². The SMILES string of the molecule is CC(C)(C)OC(=O)N1[C@H]2CCC[C@@H]1[C@@H](N)C2. The molecule has 0 aliphatic carbocycles. The number of hydrogen-bond acceptors (Lipinski definition) is 3. The fraction of sp³-hybridized carbons (Fsp3) is 0.917. The molecule has 2 fully saturated rings. The predicted octanol–water partition coefficient (Wildman–Crippen LogP) is 1.88. The van der Waals surface area contributed by atoms with Crippen molar-refractivity contribution in [1.82, 2.24) is 4.90 Å². The third-order valence-corrected chi connectivity index (χ3v) is 3.43. The number of ether oxygens (including phenoxy) is 1. The maximum atomic E-state index is 12.1. The molecule has 2 aliphatic heterocycles. The predicted molar refractivity (Wildman–Crippen MR) is 62.1 cm³/mol. The lowest BCUT2D eigenvalue weighted by Gasteiger charge is -2.36. The Bertz CT molecular complexity index is 285. The zero-order valence-electron chi connectivity index (χ0n) is 10.4. The average Bonchev–Trinajstić information content (AvgIpc) is 2.31. The molecule has 2 aliphatic rings. The summed E-state index contributed by atoms with van der Waals surface area (Å²) in [5, 5.41) is 0. The number of carbonyl (C=O) groups is 1. The number of nitrogens with two attached hydrogens (primary N) is 1. The van der Waals surface area contributed by atoms with E-state index in [0.29, 0.717) is 6.04 Å². The van der Waals surface area contributed by atoms with Crippen LogP contribution in [-0.4, -0.2) is 34.7 Å². The van der Waals surface area contributed by atoms with Gasteiger partial charge in [-0.05, 0) is 46.5 Å². The van der Waals surface area contributed by atoms with Crippen LogP contribution < -0.4 is 5.73 Å². The van der Waals surface area contributed by atoms with Crippen molar-refractivity contribution in [2.75, 3.05) is 0 Å². The van der Waals surface area contributed by atoms with Gasteiger partial charge in [-0.1, -0.05) is 0 Å². The van der Waals surface area contributed by atoms with Gasteiger partial charge in [0.15, 0.2) is 0 Å². The van der Waals surface area contributed by atoms with Crippen molar-refractivity contribution in [2.24, 2.45) is 5.73 Å². The Kier molecular flexibility index (Phi) is 2.86. The summed E-state index contributed by atoms with van der Waals surface area (Å²) in [5.74, 6) is 0. The van der Waals surface area contributed by atoms with Crippen molar-refractivity contribution in [2.45, 2.75) is 70.2 Å². The molecule has 2 N–H and O–H groups in total. The van der Waals surface area contributed by atoms with Crippen molar-refractivity contribution in [3.8, 4) is 0 Å². The molecular weight excluding hydrogens is 204 g/mol. The molecule has 0 unspecified atom stereocenters. The Balaban J connectivity index is 2.07. The number of fused-ring (bicyclic) bond motifs is 2. The Labute approximate surface area is 97.1 Å². The van der Waals surface area contributed by atoms with Crippen molar-refractivity contribution in [1.29, 1.82) is 0 Å². The maximum absolute atomic E-state index is 12.1. The molecule has 2 rings (SSSR count). The molecule has 0 aromatic carbocycles. The first kappa shape index (κ1) is 11.7. The van der Waals surface area contributed by atoms with Crippen LogP contribution in [0.4, 0.5) is 4.79 Å². The van der Waals surface area contributed by atoms with Crippen LogP contribution in [0.5, 0.6) is 0 Å². The largest absolute Gasteiger partial charge is 0.444 e. The average molecular weight is 226 g/mol. The molecule has 4 heteroatoms. The van der Waals surface area contributed by atoms with Crippen LogP contribution >= 0.6 is 0 Å². The van der Waals surface area contributed by atoms with E-state index in [4.69, 9.17) is 10.5 Å². The van der Waals surface area contributed by atoms with Gasteiger partial charge in [0.2, 0.25) is 0 Å². The van der Waals surface area contributed by atoms with E-state index in [-0.39, 0.29) is 18.2 Å². The highest BCUT2D eigenvalue weighted by molar-refractivity contribution is 5.70. The molecule has 3 atom stereocenters. The van der Waals surface area contributed by atoms with Crippen molar-refractivity contribution >= 4 is 6.09 Å². The summed E-state index contributed by atoms with van der Waals surface area (Å²) in [6, 6.07) is 0.650. The zero-order valence-corrected chi connectivity index (χ0v) is 10.4. The Morgan fingerprint density at radius 2 is 2.06 bits per heavy atom. The van der Waals surface area contributed by atoms with Gasteiger partial charge in [0, 0.05) is 12.1 Å². The summed E-state index contributed by atoms with van der Waals surface area (Å²) >= 11 is 0. The zero-order chi connectivity index (χ0) is 11.9. The highest BCUT2D eigenvalue weighted by atomic mass is 16.6. The van der Waals surface area contributed by atoms with Gasteiger partial charge in [0.1, 0.15) is 5.60 Å². The van der Waals surface area contributed by atoms with E-state index >= 15 is 0 Å². The molecule has 0 aromatic heterocycles. The van der Waals surface area contributed by atoms with E-state index in [1.807, 2.05) is 25.7 Å². The number of nitrogens with zero attached hydrogens (tertiary/aromatic N) is 1. The molecule has 16 heavy (non-hydrogen) atoms. The van der Waals surface area contributed by atoms with Crippen LogP contribution in [0.1, 0.15) is 46.5 Å². The van der Waals surface area contributed by atoms with E-state index in [0.717, 1.165) is 19.3 Å². The lowest BCUT2D eigenvalue weighted by molar-refractivity contribution is 0.00716. The van der Waals surface area contributed by atoms with Crippen LogP contribution in [0, 0.1) is 0 Å². The van der Waals surface area contributed by atoms with Crippen molar-refractivity contribution < 1.29 is 9.53 Å². The first-order valence-corrected chi connectivity index (χ1v) is 6.15. The number of rotatable bonds is 0. The second-order valence-corrected chi connectivity index (χ2v) is 5.94. The lowest BCUT2D eigenvalue weighted by atomic mass is 10.0.